The van der Waals surface area contributed by atoms with Crippen LogP contribution in [0.3, 0.4) is 0 Å². The first-order chi connectivity index (χ1) is 7.92. The number of hydrogen-bond donors (Lipinski definition) is 1. The number of likely N-dealkylation sites (tertiary alicyclic amines) is 1. The molecule has 1 heterocycles. The molecule has 4 heteroatoms. The van der Waals surface area contributed by atoms with E-state index < -0.39 is 0 Å². The predicted molar refractivity (Wildman–Crippen MR) is 77.9 cm³/mol. The van der Waals surface area contributed by atoms with Crippen molar-refractivity contribution in [2.24, 2.45) is 0 Å². The lowest BCUT2D eigenvalue weighted by atomic mass is 10.0. The highest BCUT2D eigenvalue weighted by atomic mass is 127. The normalized spacial score (nSPS) is 18.4. The second kappa shape index (κ2) is 4.48. The topological polar surface area (TPSA) is 46.3 Å². The van der Waals surface area contributed by atoms with Crippen molar-refractivity contribution in [2.45, 2.75) is 32.2 Å². The second-order valence-corrected chi connectivity index (χ2v) is 6.27. The number of benzene rings is 1. The fraction of sp³-hybridized carbons (Fsp3) is 0.462. The third-order valence-electron chi connectivity index (χ3n) is 3.39. The van der Waals surface area contributed by atoms with Gasteiger partial charge in [-0.1, -0.05) is 0 Å². The van der Waals surface area contributed by atoms with Crippen LogP contribution in [0.4, 0.5) is 5.69 Å². The molecule has 0 saturated carbocycles. The molecule has 92 valence electrons. The van der Waals surface area contributed by atoms with Gasteiger partial charge >= 0.3 is 0 Å². The Morgan fingerprint density at radius 2 is 2.18 bits per heavy atom. The standard InChI is InChI=1S/C13H17IN2O/c1-13(2)6-3-7-16(13)12(17)9-4-5-11(15)10(14)8-9/h4-5,8H,3,6-7,15H2,1-2H3. The Morgan fingerprint density at radius 3 is 2.71 bits per heavy atom. The van der Waals surface area contributed by atoms with E-state index in [1.54, 1.807) is 6.07 Å². The zero-order valence-electron chi connectivity index (χ0n) is 10.2. The molecule has 0 aromatic heterocycles. The van der Waals surface area contributed by atoms with Crippen molar-refractivity contribution in [2.75, 3.05) is 12.3 Å². The van der Waals surface area contributed by atoms with E-state index in [0.717, 1.165) is 34.2 Å². The van der Waals surface area contributed by atoms with Gasteiger partial charge in [-0.05, 0) is 67.5 Å². The molecule has 3 nitrogen and oxygen atoms in total. The summed E-state index contributed by atoms with van der Waals surface area (Å²) in [6.45, 7) is 5.10. The van der Waals surface area contributed by atoms with Gasteiger partial charge in [0.25, 0.3) is 5.91 Å². The summed E-state index contributed by atoms with van der Waals surface area (Å²) in [7, 11) is 0. The SMILES string of the molecule is CC1(C)CCCN1C(=O)c1ccc(N)c(I)c1. The van der Waals surface area contributed by atoms with Crippen LogP contribution in [0.2, 0.25) is 0 Å². The Balaban J connectivity index is 2.28. The van der Waals surface area contributed by atoms with E-state index in [0.29, 0.717) is 0 Å². The van der Waals surface area contributed by atoms with Gasteiger partial charge in [-0.2, -0.15) is 0 Å². The zero-order valence-corrected chi connectivity index (χ0v) is 12.3. The Hall–Kier alpha value is -0.780. The minimum atomic E-state index is -0.0239. The van der Waals surface area contributed by atoms with Gasteiger partial charge in [-0.25, -0.2) is 0 Å². The molecule has 2 rings (SSSR count). The van der Waals surface area contributed by atoms with Gasteiger partial charge in [0, 0.05) is 26.9 Å². The van der Waals surface area contributed by atoms with Gasteiger partial charge in [-0.15, -0.1) is 0 Å². The first-order valence-corrected chi connectivity index (χ1v) is 6.87. The quantitative estimate of drug-likeness (QED) is 0.629. The molecule has 2 N–H and O–H groups in total. The predicted octanol–water partition coefficient (Wildman–Crippen LogP) is 2.89. The summed E-state index contributed by atoms with van der Waals surface area (Å²) in [6.07, 6.45) is 2.16. The van der Waals surface area contributed by atoms with E-state index in [1.807, 2.05) is 17.0 Å². The van der Waals surface area contributed by atoms with E-state index in [9.17, 15) is 4.79 Å². The monoisotopic (exact) mass is 344 g/mol. The molecule has 1 aliphatic rings. The summed E-state index contributed by atoms with van der Waals surface area (Å²) in [5.74, 6) is 0.116. The average molecular weight is 344 g/mol. The van der Waals surface area contributed by atoms with Gasteiger partial charge in [0.2, 0.25) is 0 Å². The highest BCUT2D eigenvalue weighted by molar-refractivity contribution is 14.1. The molecule has 0 aliphatic carbocycles. The lowest BCUT2D eigenvalue weighted by Crippen LogP contribution is -2.42. The van der Waals surface area contributed by atoms with Crippen LogP contribution in [-0.4, -0.2) is 22.9 Å². The lowest BCUT2D eigenvalue weighted by molar-refractivity contribution is 0.0652. The molecule has 0 atom stereocenters. The summed E-state index contributed by atoms with van der Waals surface area (Å²) in [4.78, 5) is 14.4. The number of rotatable bonds is 1. The number of hydrogen-bond acceptors (Lipinski definition) is 2. The zero-order chi connectivity index (χ0) is 12.6. The summed E-state index contributed by atoms with van der Waals surface area (Å²) in [6, 6.07) is 5.49. The summed E-state index contributed by atoms with van der Waals surface area (Å²) in [5.41, 5.74) is 7.20. The number of amides is 1. The number of anilines is 1. The Morgan fingerprint density at radius 1 is 1.47 bits per heavy atom. The highest BCUT2D eigenvalue weighted by Crippen LogP contribution is 2.30. The molecule has 1 amide bonds. The molecule has 0 unspecified atom stereocenters. The van der Waals surface area contributed by atoms with E-state index in [4.69, 9.17) is 5.73 Å². The van der Waals surface area contributed by atoms with Crippen LogP contribution in [0.15, 0.2) is 18.2 Å². The van der Waals surface area contributed by atoms with Crippen LogP contribution in [0, 0.1) is 3.57 Å². The fourth-order valence-electron chi connectivity index (χ4n) is 2.30. The molecule has 1 fully saturated rings. The number of nitrogen functional groups attached to an aromatic ring is 1. The molecule has 1 aromatic rings. The first-order valence-electron chi connectivity index (χ1n) is 5.79. The maximum absolute atomic E-state index is 12.4. The van der Waals surface area contributed by atoms with Gasteiger partial charge in [0.05, 0.1) is 0 Å². The molecule has 1 saturated heterocycles. The third-order valence-corrected chi connectivity index (χ3v) is 4.33. The maximum atomic E-state index is 12.4. The van der Waals surface area contributed by atoms with Crippen LogP contribution in [-0.2, 0) is 0 Å². The molecule has 17 heavy (non-hydrogen) atoms. The van der Waals surface area contributed by atoms with Crippen LogP contribution >= 0.6 is 22.6 Å². The Labute approximate surface area is 116 Å². The number of nitrogens with zero attached hydrogens (tertiary/aromatic N) is 1. The second-order valence-electron chi connectivity index (χ2n) is 5.11. The molecule has 0 radical (unpaired) electrons. The van der Waals surface area contributed by atoms with Crippen molar-refractivity contribution in [1.29, 1.82) is 0 Å². The fourth-order valence-corrected chi connectivity index (χ4v) is 2.82. The Bertz CT molecular complexity index is 457. The summed E-state index contributed by atoms with van der Waals surface area (Å²) < 4.78 is 0.936. The molecule has 0 bridgehead atoms. The van der Waals surface area contributed by atoms with Crippen molar-refractivity contribution in [3.8, 4) is 0 Å². The third kappa shape index (κ3) is 2.41. The van der Waals surface area contributed by atoms with Gasteiger partial charge in [0.1, 0.15) is 0 Å². The van der Waals surface area contributed by atoms with Gasteiger partial charge in [-0.3, -0.25) is 4.79 Å². The van der Waals surface area contributed by atoms with Crippen LogP contribution < -0.4 is 5.73 Å². The minimum Gasteiger partial charge on any atom is -0.398 e. The van der Waals surface area contributed by atoms with Crippen LogP contribution in [0.25, 0.3) is 0 Å². The number of carbonyl (C=O) groups is 1. The highest BCUT2D eigenvalue weighted by Gasteiger charge is 2.35. The Kier molecular flexibility index (Phi) is 3.34. The van der Waals surface area contributed by atoms with E-state index in [2.05, 4.69) is 36.4 Å². The van der Waals surface area contributed by atoms with Crippen LogP contribution in [0.1, 0.15) is 37.0 Å². The van der Waals surface area contributed by atoms with E-state index >= 15 is 0 Å². The minimum absolute atomic E-state index is 0.0239. The smallest absolute Gasteiger partial charge is 0.254 e. The van der Waals surface area contributed by atoms with Crippen molar-refractivity contribution in [3.05, 3.63) is 27.3 Å². The number of carbonyl (C=O) groups excluding carboxylic acids is 1. The van der Waals surface area contributed by atoms with Crippen molar-refractivity contribution in [1.82, 2.24) is 4.90 Å². The summed E-state index contributed by atoms with van der Waals surface area (Å²) >= 11 is 2.16. The van der Waals surface area contributed by atoms with E-state index in [-0.39, 0.29) is 11.4 Å². The van der Waals surface area contributed by atoms with E-state index in [1.165, 1.54) is 0 Å². The number of nitrogens with two attached hydrogens (primary N) is 1. The molecular weight excluding hydrogens is 327 g/mol. The van der Waals surface area contributed by atoms with Gasteiger partial charge in [0.15, 0.2) is 0 Å². The molecule has 1 aromatic carbocycles. The average Bonchev–Trinajstić information content (AvgIpc) is 2.61. The van der Waals surface area contributed by atoms with Crippen molar-refractivity contribution < 1.29 is 4.79 Å². The largest absolute Gasteiger partial charge is 0.398 e. The molecular formula is C13H17IN2O. The van der Waals surface area contributed by atoms with Crippen molar-refractivity contribution >= 4 is 34.2 Å². The maximum Gasteiger partial charge on any atom is 0.254 e. The number of halogens is 1. The molecule has 0 spiro atoms. The van der Waals surface area contributed by atoms with Gasteiger partial charge < -0.3 is 10.6 Å². The first kappa shape index (κ1) is 12.7. The summed E-state index contributed by atoms with van der Waals surface area (Å²) in [5, 5.41) is 0. The molecule has 1 aliphatic heterocycles. The van der Waals surface area contributed by atoms with Crippen molar-refractivity contribution in [3.63, 3.8) is 0 Å². The lowest BCUT2D eigenvalue weighted by Gasteiger charge is -2.31. The van der Waals surface area contributed by atoms with Crippen LogP contribution in [0.5, 0.6) is 0 Å².